The molecule has 0 bridgehead atoms. The maximum atomic E-state index is 13.1. The summed E-state index contributed by atoms with van der Waals surface area (Å²) in [6, 6.07) is 27.6. The number of para-hydroxylation sites is 1. The maximum absolute atomic E-state index is 13.1. The molecule has 3 aromatic carbocycles. The van der Waals surface area contributed by atoms with E-state index in [0.29, 0.717) is 18.2 Å². The molecule has 1 aromatic heterocycles. The van der Waals surface area contributed by atoms with Gasteiger partial charge in [-0.25, -0.2) is 14.1 Å². The molecule has 0 fully saturated rings. The van der Waals surface area contributed by atoms with Crippen molar-refractivity contribution in [1.29, 1.82) is 0 Å². The van der Waals surface area contributed by atoms with Crippen molar-refractivity contribution in [2.75, 3.05) is 18.9 Å². The average molecular weight is 586 g/mol. The first-order chi connectivity index (χ1) is 20.3. The standard InChI is InChI=1S/C35H40N2O4S/c1-4-9-27(10-5-2)28-17-19-32(20-18-28)41-24-26-13-15-29(16-14-26)30-21-33(42-25-30)22-37(3,23-34(38)39)35(40)36-31-11-7-6-8-12-31/h6-8,11-21,25,27H,4-5,9-10,22-24H2,1-3H3,(H-,36,38,39,40)/p+1. The van der Waals surface area contributed by atoms with Gasteiger partial charge in [-0.1, -0.05) is 81.3 Å². The zero-order chi connectivity index (χ0) is 30.0. The Balaban J connectivity index is 1.37. The molecule has 0 spiro atoms. The van der Waals surface area contributed by atoms with E-state index in [1.54, 1.807) is 19.2 Å². The minimum Gasteiger partial charge on any atom is -0.489 e. The molecule has 1 unspecified atom stereocenters. The van der Waals surface area contributed by atoms with E-state index in [1.165, 1.54) is 42.6 Å². The second kappa shape index (κ2) is 14.8. The number of urea groups is 1. The molecule has 0 radical (unpaired) electrons. The number of ether oxygens (including phenoxy) is 1. The predicted molar refractivity (Wildman–Crippen MR) is 171 cm³/mol. The molecule has 4 rings (SSSR count). The number of carboxylic acid groups (broad SMARTS) is 1. The lowest BCUT2D eigenvalue weighted by atomic mass is 9.90. The van der Waals surface area contributed by atoms with Gasteiger partial charge in [0.25, 0.3) is 0 Å². The van der Waals surface area contributed by atoms with Gasteiger partial charge in [-0.3, -0.25) is 5.32 Å². The van der Waals surface area contributed by atoms with Crippen molar-refractivity contribution in [2.24, 2.45) is 0 Å². The lowest BCUT2D eigenvalue weighted by Crippen LogP contribution is -2.53. The van der Waals surface area contributed by atoms with Gasteiger partial charge < -0.3 is 9.84 Å². The Bertz CT molecular complexity index is 1430. The fourth-order valence-corrected chi connectivity index (χ4v) is 6.24. The van der Waals surface area contributed by atoms with E-state index >= 15 is 0 Å². The van der Waals surface area contributed by atoms with Crippen molar-refractivity contribution in [3.05, 3.63) is 106 Å². The Morgan fingerprint density at radius 3 is 2.19 bits per heavy atom. The zero-order valence-corrected chi connectivity index (χ0v) is 25.5. The molecule has 0 aliphatic rings. The van der Waals surface area contributed by atoms with Crippen LogP contribution in [0.3, 0.4) is 0 Å². The molecule has 0 aliphatic carbocycles. The zero-order valence-electron chi connectivity index (χ0n) is 24.7. The quantitative estimate of drug-likeness (QED) is 0.145. The summed E-state index contributed by atoms with van der Waals surface area (Å²) in [5, 5.41) is 14.4. The van der Waals surface area contributed by atoms with Crippen LogP contribution < -0.4 is 10.1 Å². The molecule has 1 atom stereocenters. The van der Waals surface area contributed by atoms with Gasteiger partial charge in [-0.15, -0.1) is 11.3 Å². The lowest BCUT2D eigenvalue weighted by Gasteiger charge is -2.29. The number of amides is 2. The minimum atomic E-state index is -1.02. The highest BCUT2D eigenvalue weighted by atomic mass is 32.1. The summed E-state index contributed by atoms with van der Waals surface area (Å²) in [4.78, 5) is 25.7. The van der Waals surface area contributed by atoms with Crippen LogP contribution in [0.25, 0.3) is 11.1 Å². The van der Waals surface area contributed by atoms with Crippen molar-refractivity contribution < 1.29 is 23.9 Å². The largest absolute Gasteiger partial charge is 0.489 e. The summed E-state index contributed by atoms with van der Waals surface area (Å²) < 4.78 is 5.77. The van der Waals surface area contributed by atoms with Crippen molar-refractivity contribution in [2.45, 2.75) is 58.6 Å². The predicted octanol–water partition coefficient (Wildman–Crippen LogP) is 8.94. The van der Waals surface area contributed by atoms with Crippen LogP contribution in [-0.2, 0) is 17.9 Å². The normalized spacial score (nSPS) is 12.6. The number of rotatable bonds is 14. The molecule has 220 valence electrons. The van der Waals surface area contributed by atoms with Gasteiger partial charge in [0.05, 0.1) is 11.9 Å². The summed E-state index contributed by atoms with van der Waals surface area (Å²) in [6.45, 7) is 4.94. The van der Waals surface area contributed by atoms with Crippen LogP contribution in [0.4, 0.5) is 10.5 Å². The molecule has 2 N–H and O–H groups in total. The molecule has 42 heavy (non-hydrogen) atoms. The molecular formula is C35H41N2O4S+. The monoisotopic (exact) mass is 585 g/mol. The third-order valence-corrected chi connectivity index (χ3v) is 8.40. The third kappa shape index (κ3) is 8.54. The van der Waals surface area contributed by atoms with Crippen LogP contribution in [-0.4, -0.2) is 35.2 Å². The number of carbonyl (C=O) groups is 2. The van der Waals surface area contributed by atoms with E-state index in [2.05, 4.69) is 67.7 Å². The summed E-state index contributed by atoms with van der Waals surface area (Å²) >= 11 is 1.53. The number of hydrogen-bond acceptors (Lipinski definition) is 4. The highest BCUT2D eigenvalue weighted by Gasteiger charge is 2.35. The molecule has 1 heterocycles. The smallest absolute Gasteiger partial charge is 0.421 e. The highest BCUT2D eigenvalue weighted by molar-refractivity contribution is 7.10. The Labute approximate surface area is 253 Å². The summed E-state index contributed by atoms with van der Waals surface area (Å²) in [5.41, 5.74) is 5.21. The van der Waals surface area contributed by atoms with E-state index in [4.69, 9.17) is 4.74 Å². The molecule has 2 amide bonds. The van der Waals surface area contributed by atoms with Crippen LogP contribution in [0.2, 0.25) is 0 Å². The summed E-state index contributed by atoms with van der Waals surface area (Å²) in [6.07, 6.45) is 4.83. The van der Waals surface area contributed by atoms with Crippen LogP contribution in [0, 0.1) is 0 Å². The number of benzene rings is 3. The Morgan fingerprint density at radius 2 is 1.57 bits per heavy atom. The number of thiophene rings is 1. The lowest BCUT2D eigenvalue weighted by molar-refractivity contribution is -0.833. The number of hydrogen-bond donors (Lipinski definition) is 2. The van der Waals surface area contributed by atoms with Gasteiger partial charge in [-0.05, 0) is 76.7 Å². The Hall–Kier alpha value is -3.94. The van der Waals surface area contributed by atoms with E-state index in [-0.39, 0.29) is 23.6 Å². The first kappa shape index (κ1) is 31.0. The van der Waals surface area contributed by atoms with E-state index in [9.17, 15) is 14.7 Å². The van der Waals surface area contributed by atoms with Gasteiger partial charge in [0.15, 0.2) is 6.54 Å². The number of aliphatic carboxylic acids is 1. The number of nitrogens with zero attached hydrogens (tertiary/aromatic N) is 1. The number of carbonyl (C=O) groups excluding carboxylic acids is 1. The first-order valence-corrected chi connectivity index (χ1v) is 15.5. The molecule has 6 nitrogen and oxygen atoms in total. The maximum Gasteiger partial charge on any atom is 0.421 e. The van der Waals surface area contributed by atoms with Gasteiger partial charge in [-0.2, -0.15) is 0 Å². The highest BCUT2D eigenvalue weighted by Crippen LogP contribution is 2.30. The second-order valence-corrected chi connectivity index (χ2v) is 12.0. The van der Waals surface area contributed by atoms with Crippen molar-refractivity contribution in [1.82, 2.24) is 0 Å². The SMILES string of the molecule is CCCC(CCC)c1ccc(OCc2ccc(-c3csc(C[N+](C)(CC(=O)O)C(=O)Nc4ccccc4)c3)cc2)cc1. The number of likely N-dealkylation sites (N-methyl/N-ethyl adjacent to an activating group) is 1. The number of anilines is 1. The van der Waals surface area contributed by atoms with Crippen LogP contribution in [0.15, 0.2) is 90.3 Å². The molecular weight excluding hydrogens is 544 g/mol. The Morgan fingerprint density at radius 1 is 0.905 bits per heavy atom. The number of carboxylic acids is 1. The minimum absolute atomic E-state index is 0.276. The van der Waals surface area contributed by atoms with E-state index in [0.717, 1.165) is 27.3 Å². The molecule has 4 aromatic rings. The van der Waals surface area contributed by atoms with Crippen molar-refractivity contribution in [3.63, 3.8) is 0 Å². The summed E-state index contributed by atoms with van der Waals surface area (Å²) in [7, 11) is 1.66. The van der Waals surface area contributed by atoms with Gasteiger partial charge in [0.2, 0.25) is 0 Å². The topological polar surface area (TPSA) is 75.6 Å². The van der Waals surface area contributed by atoms with Gasteiger partial charge in [0, 0.05) is 5.69 Å². The van der Waals surface area contributed by atoms with Crippen molar-refractivity contribution in [3.8, 4) is 16.9 Å². The van der Waals surface area contributed by atoms with Crippen molar-refractivity contribution >= 4 is 29.0 Å². The molecule has 7 heteroatoms. The molecule has 0 saturated heterocycles. The van der Waals surface area contributed by atoms with Crippen LogP contribution >= 0.6 is 11.3 Å². The van der Waals surface area contributed by atoms with Gasteiger partial charge >= 0.3 is 12.0 Å². The number of nitrogens with one attached hydrogen (secondary N) is 1. The average Bonchev–Trinajstić information content (AvgIpc) is 3.44. The van der Waals surface area contributed by atoms with Gasteiger partial charge in [0.1, 0.15) is 18.9 Å². The Kier molecular flexibility index (Phi) is 10.9. The number of quaternary nitrogens is 1. The van der Waals surface area contributed by atoms with Crippen LogP contribution in [0.1, 0.15) is 61.5 Å². The van der Waals surface area contributed by atoms with E-state index in [1.807, 2.05) is 29.6 Å². The molecule has 0 aliphatic heterocycles. The second-order valence-electron chi connectivity index (χ2n) is 11.0. The molecule has 0 saturated carbocycles. The fourth-order valence-electron chi connectivity index (χ4n) is 5.21. The summed E-state index contributed by atoms with van der Waals surface area (Å²) in [5.74, 6) is 0.467. The van der Waals surface area contributed by atoms with E-state index < -0.39 is 5.97 Å². The van der Waals surface area contributed by atoms with Crippen LogP contribution in [0.5, 0.6) is 5.75 Å². The first-order valence-electron chi connectivity index (χ1n) is 14.6. The third-order valence-electron chi connectivity index (χ3n) is 7.48. The fraction of sp³-hybridized carbons (Fsp3) is 0.314.